The van der Waals surface area contributed by atoms with Gasteiger partial charge in [0.05, 0.1) is 39.4 Å². The van der Waals surface area contributed by atoms with Crippen molar-refractivity contribution in [2.75, 3.05) is 39.5 Å². The van der Waals surface area contributed by atoms with Crippen LogP contribution in [0.3, 0.4) is 0 Å². The largest absolute Gasteiger partial charge is 0.481 e. The lowest BCUT2D eigenvalue weighted by Gasteiger charge is -2.33. The van der Waals surface area contributed by atoms with Crippen LogP contribution in [0.5, 0.6) is 0 Å². The Hall–Kier alpha value is -1.64. The second kappa shape index (κ2) is 14.6. The lowest BCUT2D eigenvalue weighted by molar-refractivity contribution is -0.889. The predicted octanol–water partition coefficient (Wildman–Crippen LogP) is 6.47. The zero-order valence-electron chi connectivity index (χ0n) is 22.9. The molecule has 43 heavy (non-hydrogen) atoms. The van der Waals surface area contributed by atoms with Gasteiger partial charge in [0.2, 0.25) is 10.0 Å². The highest BCUT2D eigenvalue weighted by Crippen LogP contribution is 2.51. The number of quaternary nitrogens is 1. The first-order valence-electron chi connectivity index (χ1n) is 12.6. The Kier molecular flexibility index (Phi) is 14.1. The average Bonchev–Trinajstić information content (AvgIpc) is 2.78. The number of hydrogen-bond donors (Lipinski definition) is 2. The second-order valence-electron chi connectivity index (χ2n) is 10.8. The first-order chi connectivity index (χ1) is 18.9. The maximum Gasteiger partial charge on any atom is 0.431 e. The Bertz CT molecular complexity index is 964. The van der Waals surface area contributed by atoms with E-state index in [1.165, 1.54) is 0 Å². The lowest BCUT2D eigenvalue weighted by Crippen LogP contribution is -2.54. The molecule has 0 aromatic heterocycles. The molecule has 0 bridgehead atoms. The third-order valence-corrected chi connectivity index (χ3v) is 8.16. The Morgan fingerprint density at radius 2 is 1.19 bits per heavy atom. The van der Waals surface area contributed by atoms with E-state index in [2.05, 4.69) is 0 Å². The number of carboxylic acids is 1. The van der Waals surface area contributed by atoms with Crippen molar-refractivity contribution in [1.82, 2.24) is 4.72 Å². The van der Waals surface area contributed by atoms with Crippen LogP contribution in [0.2, 0.25) is 0 Å². The number of halogens is 14. The second-order valence-corrected chi connectivity index (χ2v) is 12.7. The third-order valence-electron chi connectivity index (χ3n) is 6.74. The highest BCUT2D eigenvalue weighted by Gasteiger charge is 2.73. The fourth-order valence-electron chi connectivity index (χ4n) is 4.02. The number of nitrogens with one attached hydrogen (secondary N) is 1. The maximum atomic E-state index is 14.3. The van der Waals surface area contributed by atoms with Crippen LogP contribution in [0.1, 0.15) is 51.4 Å². The summed E-state index contributed by atoms with van der Waals surface area (Å²) in [4.78, 5) is 10.7. The molecule has 0 radical (unpaired) electrons. The zero-order chi connectivity index (χ0) is 34.3. The van der Waals surface area contributed by atoms with Crippen LogP contribution < -0.4 is 4.72 Å². The van der Waals surface area contributed by atoms with Gasteiger partial charge in [-0.3, -0.25) is 4.79 Å². The molecular formula is C22H33F14N2O4S+. The van der Waals surface area contributed by atoms with Gasteiger partial charge < -0.3 is 9.59 Å². The van der Waals surface area contributed by atoms with E-state index in [-0.39, 0.29) is 37.0 Å². The van der Waals surface area contributed by atoms with E-state index in [9.17, 15) is 74.7 Å². The predicted molar refractivity (Wildman–Crippen MR) is 124 cm³/mol. The van der Waals surface area contributed by atoms with Crippen LogP contribution in [0, 0.1) is 5.92 Å². The molecule has 0 amide bonds. The van der Waals surface area contributed by atoms with Gasteiger partial charge in [0, 0.05) is 19.4 Å². The molecule has 258 valence electrons. The summed E-state index contributed by atoms with van der Waals surface area (Å²) in [7, 11) is -1.18. The van der Waals surface area contributed by atoms with Crippen molar-refractivity contribution in [2.45, 2.75) is 87.4 Å². The Labute approximate surface area is 238 Å². The SMILES string of the molecule is C[N+](C)(CCCNS(=O)(=O)CCC(CCCCC(F)(C(F)(F)F)C(F)(F)F)CC(F)(C(F)(F)F)C(F)(F)F)CCC(=O)O. The molecule has 0 aromatic rings. The van der Waals surface area contributed by atoms with Gasteiger partial charge in [-0.25, -0.2) is 21.9 Å². The van der Waals surface area contributed by atoms with E-state index in [1.807, 2.05) is 4.72 Å². The molecule has 0 fully saturated rings. The Morgan fingerprint density at radius 1 is 0.721 bits per heavy atom. The van der Waals surface area contributed by atoms with Gasteiger partial charge in [-0.15, -0.1) is 0 Å². The summed E-state index contributed by atoms with van der Waals surface area (Å²) in [6.07, 6.45) is -35.4. The molecule has 0 aliphatic heterocycles. The zero-order valence-corrected chi connectivity index (χ0v) is 23.7. The van der Waals surface area contributed by atoms with Gasteiger partial charge in [0.15, 0.2) is 0 Å². The monoisotopic (exact) mass is 687 g/mol. The standard InChI is InChI=1S/C22H32F14N2O4S/c1-38(2,12-7-16(39)40)11-5-10-37-43(41,42)13-8-15(14-18(24,21(31,32)33)22(34,35)36)6-3-4-9-17(23,19(25,26)27)20(28,29)30/h15,37H,3-14H2,1-2H3/p+1. The summed E-state index contributed by atoms with van der Waals surface area (Å²) in [6.45, 7) is 0.113. The molecule has 2 N–H and O–H groups in total. The minimum Gasteiger partial charge on any atom is -0.481 e. The molecule has 0 saturated heterocycles. The number of rotatable bonds is 18. The van der Waals surface area contributed by atoms with E-state index in [1.54, 1.807) is 14.1 Å². The van der Waals surface area contributed by atoms with Crippen LogP contribution >= 0.6 is 0 Å². The number of carbonyl (C=O) groups is 1. The number of nitrogens with zero attached hydrogens (tertiary/aromatic N) is 1. The molecule has 0 aromatic carbocycles. The van der Waals surface area contributed by atoms with Crippen molar-refractivity contribution in [3.63, 3.8) is 0 Å². The number of aliphatic carboxylic acids is 1. The molecule has 1 atom stereocenters. The minimum atomic E-state index is -6.56. The van der Waals surface area contributed by atoms with Crippen LogP contribution in [-0.4, -0.2) is 99.5 Å². The molecule has 1 unspecified atom stereocenters. The fraction of sp³-hybridized carbons (Fsp3) is 0.955. The molecular weight excluding hydrogens is 654 g/mol. The normalized spacial score (nSPS) is 15.5. The van der Waals surface area contributed by atoms with Crippen LogP contribution in [-0.2, 0) is 14.8 Å². The van der Waals surface area contributed by atoms with E-state index in [4.69, 9.17) is 5.11 Å². The van der Waals surface area contributed by atoms with Crippen molar-refractivity contribution in [3.05, 3.63) is 0 Å². The van der Waals surface area contributed by atoms with Crippen LogP contribution in [0.15, 0.2) is 0 Å². The van der Waals surface area contributed by atoms with E-state index in [0.29, 0.717) is 0 Å². The van der Waals surface area contributed by atoms with Gasteiger partial charge in [-0.05, 0) is 25.2 Å². The Morgan fingerprint density at radius 3 is 1.60 bits per heavy atom. The van der Waals surface area contributed by atoms with E-state index < -0.39 is 102 Å². The summed E-state index contributed by atoms with van der Waals surface area (Å²) < 4.78 is 210. The molecule has 0 spiro atoms. The van der Waals surface area contributed by atoms with Crippen molar-refractivity contribution >= 4 is 16.0 Å². The van der Waals surface area contributed by atoms with E-state index >= 15 is 0 Å². The number of sulfonamides is 1. The molecule has 6 nitrogen and oxygen atoms in total. The first-order valence-corrected chi connectivity index (χ1v) is 14.2. The van der Waals surface area contributed by atoms with Gasteiger partial charge in [-0.2, -0.15) is 52.7 Å². The van der Waals surface area contributed by atoms with Crippen molar-refractivity contribution < 1.29 is 84.3 Å². The molecule has 0 aliphatic carbocycles. The molecule has 0 saturated carbocycles. The summed E-state index contributed by atoms with van der Waals surface area (Å²) in [6, 6.07) is 0. The van der Waals surface area contributed by atoms with Crippen LogP contribution in [0.4, 0.5) is 61.5 Å². The van der Waals surface area contributed by atoms with Crippen molar-refractivity contribution in [1.29, 1.82) is 0 Å². The highest BCUT2D eigenvalue weighted by atomic mass is 32.2. The number of carboxylic acid groups (broad SMARTS) is 1. The summed E-state index contributed by atoms with van der Waals surface area (Å²) in [5.74, 6) is -4.43. The molecule has 0 heterocycles. The van der Waals surface area contributed by atoms with E-state index in [0.717, 1.165) is 0 Å². The molecule has 0 aliphatic rings. The van der Waals surface area contributed by atoms with Gasteiger partial charge >= 0.3 is 30.7 Å². The summed E-state index contributed by atoms with van der Waals surface area (Å²) in [5, 5.41) is 8.73. The van der Waals surface area contributed by atoms with Gasteiger partial charge in [0.1, 0.15) is 0 Å². The maximum absolute atomic E-state index is 14.3. The van der Waals surface area contributed by atoms with Crippen LogP contribution in [0.25, 0.3) is 0 Å². The topological polar surface area (TPSA) is 83.5 Å². The smallest absolute Gasteiger partial charge is 0.431 e. The summed E-state index contributed by atoms with van der Waals surface area (Å²) in [5.41, 5.74) is -11.6. The minimum absolute atomic E-state index is 0.106. The van der Waals surface area contributed by atoms with Gasteiger partial charge in [0.25, 0.3) is 11.3 Å². The fourth-order valence-corrected chi connectivity index (χ4v) is 5.27. The molecule has 0 rings (SSSR count). The van der Waals surface area contributed by atoms with Crippen molar-refractivity contribution in [3.8, 4) is 0 Å². The van der Waals surface area contributed by atoms with Gasteiger partial charge in [-0.1, -0.05) is 12.8 Å². The number of unbranched alkanes of at least 4 members (excludes halogenated alkanes) is 1. The Balaban J connectivity index is 5.59. The molecule has 21 heteroatoms. The number of hydrogen-bond acceptors (Lipinski definition) is 3. The summed E-state index contributed by atoms with van der Waals surface area (Å²) >= 11 is 0. The average molecular weight is 688 g/mol. The quantitative estimate of drug-likeness (QED) is 0.0984. The first kappa shape index (κ1) is 41.4. The highest BCUT2D eigenvalue weighted by molar-refractivity contribution is 7.89. The van der Waals surface area contributed by atoms with Crippen molar-refractivity contribution in [2.24, 2.45) is 5.92 Å². The lowest BCUT2D eigenvalue weighted by atomic mass is 9.85. The third kappa shape index (κ3) is 12.7. The number of alkyl halides is 14.